The van der Waals surface area contributed by atoms with Crippen molar-refractivity contribution >= 4 is 39.9 Å². The van der Waals surface area contributed by atoms with Crippen LogP contribution < -0.4 is 14.4 Å². The molecule has 1 fully saturated rings. The SMILES string of the molecule is CCCOc1ccc(C(O)=C2C(=O)C(=O)N(c3nc(C)c(C(=O)OCC)s3)[C@@H]2c2ccc(O)c(OCC)c2)cc1C. The molecule has 0 bridgehead atoms. The van der Waals surface area contributed by atoms with Crippen LogP contribution in [0.25, 0.3) is 5.76 Å². The summed E-state index contributed by atoms with van der Waals surface area (Å²) in [6, 6.07) is 8.30. The fraction of sp³-hybridized carbons (Fsp3) is 0.333. The van der Waals surface area contributed by atoms with Crippen LogP contribution in [0.15, 0.2) is 42.0 Å². The quantitative estimate of drug-likeness (QED) is 0.139. The van der Waals surface area contributed by atoms with Crippen molar-refractivity contribution in [1.82, 2.24) is 4.98 Å². The molecule has 2 heterocycles. The number of esters is 1. The highest BCUT2D eigenvalue weighted by Crippen LogP contribution is 2.45. The topological polar surface area (TPSA) is 135 Å². The highest BCUT2D eigenvalue weighted by atomic mass is 32.1. The second-order valence-electron chi connectivity index (χ2n) is 9.29. The average Bonchev–Trinajstić information content (AvgIpc) is 3.45. The molecule has 1 amide bonds. The molecule has 4 rings (SSSR count). The molecule has 0 unspecified atom stereocenters. The van der Waals surface area contributed by atoms with Gasteiger partial charge in [-0.1, -0.05) is 24.3 Å². The van der Waals surface area contributed by atoms with Crippen molar-refractivity contribution in [2.24, 2.45) is 0 Å². The minimum absolute atomic E-state index is 0.0854. The second kappa shape index (κ2) is 12.4. The predicted molar refractivity (Wildman–Crippen MR) is 154 cm³/mol. The number of aliphatic hydroxyl groups excluding tert-OH is 1. The Morgan fingerprint density at radius 1 is 1.02 bits per heavy atom. The first kappa shape index (κ1) is 29.6. The first-order chi connectivity index (χ1) is 19.6. The van der Waals surface area contributed by atoms with Crippen LogP contribution in [0.2, 0.25) is 0 Å². The van der Waals surface area contributed by atoms with Crippen molar-refractivity contribution in [2.75, 3.05) is 24.7 Å². The number of aromatic hydroxyl groups is 1. The zero-order chi connectivity index (χ0) is 29.8. The Kier molecular flexibility index (Phi) is 8.97. The molecule has 0 saturated carbocycles. The average molecular weight is 581 g/mol. The molecule has 1 aliphatic rings. The standard InChI is InChI=1S/C30H32N2O8S/c1-6-13-40-21-12-10-19(14-16(21)4)25(34)23-24(18-9-11-20(33)22(15-18)38-7-2)32(28(36)26(23)35)30-31-17(5)27(41-30)29(37)39-8-3/h9-12,14-15,24,33-34H,6-8,13H2,1-5H3/t24-/m1/s1. The normalized spacial score (nSPS) is 16.2. The zero-order valence-electron chi connectivity index (χ0n) is 23.5. The number of thiazole rings is 1. The Bertz CT molecular complexity index is 1530. The Morgan fingerprint density at radius 2 is 1.78 bits per heavy atom. The lowest BCUT2D eigenvalue weighted by Crippen LogP contribution is -2.29. The molecule has 1 atom stereocenters. The number of phenolic OH excluding ortho intramolecular Hbond substituents is 1. The Labute approximate surface area is 241 Å². The van der Waals surface area contributed by atoms with Gasteiger partial charge in [0.1, 0.15) is 16.4 Å². The van der Waals surface area contributed by atoms with Crippen LogP contribution in [0.4, 0.5) is 5.13 Å². The van der Waals surface area contributed by atoms with E-state index in [0.29, 0.717) is 29.2 Å². The number of benzene rings is 2. The van der Waals surface area contributed by atoms with Gasteiger partial charge in [-0.05, 0) is 75.6 Å². The summed E-state index contributed by atoms with van der Waals surface area (Å²) in [5, 5.41) is 21.9. The maximum Gasteiger partial charge on any atom is 0.350 e. The summed E-state index contributed by atoms with van der Waals surface area (Å²) in [6.07, 6.45) is 0.828. The fourth-order valence-corrected chi connectivity index (χ4v) is 5.50. The van der Waals surface area contributed by atoms with Gasteiger partial charge in [-0.2, -0.15) is 0 Å². The van der Waals surface area contributed by atoms with Crippen LogP contribution in [-0.2, 0) is 14.3 Å². The molecule has 2 N–H and O–H groups in total. The lowest BCUT2D eigenvalue weighted by molar-refractivity contribution is -0.132. The van der Waals surface area contributed by atoms with Gasteiger partial charge in [-0.3, -0.25) is 14.5 Å². The van der Waals surface area contributed by atoms with E-state index in [0.717, 1.165) is 28.2 Å². The largest absolute Gasteiger partial charge is 0.507 e. The molecule has 1 aliphatic heterocycles. The van der Waals surface area contributed by atoms with E-state index >= 15 is 0 Å². The number of hydrogen-bond acceptors (Lipinski definition) is 10. The van der Waals surface area contributed by atoms with E-state index in [2.05, 4.69) is 4.98 Å². The van der Waals surface area contributed by atoms with Crippen molar-refractivity contribution in [3.63, 3.8) is 0 Å². The van der Waals surface area contributed by atoms with Crippen molar-refractivity contribution in [2.45, 2.75) is 47.1 Å². The number of carbonyl (C=O) groups excluding carboxylic acids is 3. The summed E-state index contributed by atoms with van der Waals surface area (Å²) in [5.41, 5.74) is 1.61. The molecule has 0 spiro atoms. The summed E-state index contributed by atoms with van der Waals surface area (Å²) in [7, 11) is 0. The third-order valence-electron chi connectivity index (χ3n) is 6.41. The minimum Gasteiger partial charge on any atom is -0.507 e. The van der Waals surface area contributed by atoms with Crippen LogP contribution in [-0.4, -0.2) is 52.7 Å². The number of nitrogens with zero attached hydrogens (tertiary/aromatic N) is 2. The Morgan fingerprint density at radius 3 is 2.44 bits per heavy atom. The van der Waals surface area contributed by atoms with E-state index in [4.69, 9.17) is 14.2 Å². The number of rotatable bonds is 10. The monoisotopic (exact) mass is 580 g/mol. The van der Waals surface area contributed by atoms with E-state index in [1.54, 1.807) is 39.0 Å². The molecule has 216 valence electrons. The van der Waals surface area contributed by atoms with Crippen LogP contribution in [0.5, 0.6) is 17.2 Å². The molecule has 11 heteroatoms. The molecule has 1 aromatic heterocycles. The number of hydrogen-bond donors (Lipinski definition) is 2. The number of ketones is 1. The number of aliphatic hydroxyl groups is 1. The minimum atomic E-state index is -1.13. The molecule has 0 radical (unpaired) electrons. The van der Waals surface area contributed by atoms with Crippen molar-refractivity contribution in [3.8, 4) is 17.2 Å². The second-order valence-corrected chi connectivity index (χ2v) is 10.3. The highest BCUT2D eigenvalue weighted by Gasteiger charge is 2.48. The van der Waals surface area contributed by atoms with E-state index in [1.807, 2.05) is 13.8 Å². The van der Waals surface area contributed by atoms with Gasteiger partial charge in [0.15, 0.2) is 16.6 Å². The van der Waals surface area contributed by atoms with E-state index in [9.17, 15) is 24.6 Å². The Balaban J connectivity index is 1.91. The van der Waals surface area contributed by atoms with Crippen LogP contribution >= 0.6 is 11.3 Å². The number of Topliss-reactive ketones (excluding diaryl/α,β-unsaturated/α-hetero) is 1. The summed E-state index contributed by atoms with van der Waals surface area (Å²) < 4.78 is 16.4. The number of carbonyl (C=O) groups is 3. The van der Waals surface area contributed by atoms with Crippen LogP contribution in [0.1, 0.15) is 65.3 Å². The van der Waals surface area contributed by atoms with Gasteiger partial charge in [-0.15, -0.1) is 0 Å². The van der Waals surface area contributed by atoms with Gasteiger partial charge in [0.05, 0.1) is 37.1 Å². The summed E-state index contributed by atoms with van der Waals surface area (Å²) in [4.78, 5) is 45.4. The summed E-state index contributed by atoms with van der Waals surface area (Å²) >= 11 is 0.914. The molecule has 0 aliphatic carbocycles. The van der Waals surface area contributed by atoms with Gasteiger partial charge >= 0.3 is 11.9 Å². The lowest BCUT2D eigenvalue weighted by Gasteiger charge is -2.23. The molecular weight excluding hydrogens is 548 g/mol. The van der Waals surface area contributed by atoms with Gasteiger partial charge < -0.3 is 24.4 Å². The predicted octanol–water partition coefficient (Wildman–Crippen LogP) is 5.46. The number of ether oxygens (including phenoxy) is 3. The maximum atomic E-state index is 13.6. The van der Waals surface area contributed by atoms with E-state index < -0.39 is 23.7 Å². The summed E-state index contributed by atoms with van der Waals surface area (Å²) in [5.74, 6) is -2.16. The van der Waals surface area contributed by atoms with Gasteiger partial charge in [0.25, 0.3) is 5.78 Å². The first-order valence-electron chi connectivity index (χ1n) is 13.3. The fourth-order valence-electron chi connectivity index (χ4n) is 4.51. The lowest BCUT2D eigenvalue weighted by atomic mass is 9.94. The maximum absolute atomic E-state index is 13.6. The number of anilines is 1. The molecule has 3 aromatic rings. The number of amides is 1. The van der Waals surface area contributed by atoms with Gasteiger partial charge in [0, 0.05) is 5.56 Å². The Hall–Kier alpha value is -4.38. The molecular formula is C30H32N2O8S. The van der Waals surface area contributed by atoms with Crippen LogP contribution in [0.3, 0.4) is 0 Å². The van der Waals surface area contributed by atoms with Crippen molar-refractivity contribution in [3.05, 3.63) is 69.2 Å². The molecule has 1 saturated heterocycles. The van der Waals surface area contributed by atoms with Gasteiger partial charge in [0.2, 0.25) is 0 Å². The van der Waals surface area contributed by atoms with Crippen LogP contribution in [0, 0.1) is 13.8 Å². The third-order valence-corrected chi connectivity index (χ3v) is 7.54. The summed E-state index contributed by atoms with van der Waals surface area (Å²) in [6.45, 7) is 9.80. The molecule has 2 aromatic carbocycles. The third kappa shape index (κ3) is 5.76. The smallest absolute Gasteiger partial charge is 0.350 e. The van der Waals surface area contributed by atoms with Crippen molar-refractivity contribution in [1.29, 1.82) is 0 Å². The molecule has 41 heavy (non-hydrogen) atoms. The van der Waals surface area contributed by atoms with Gasteiger partial charge in [-0.25, -0.2) is 9.78 Å². The van der Waals surface area contributed by atoms with Crippen molar-refractivity contribution < 1.29 is 38.8 Å². The van der Waals surface area contributed by atoms with E-state index in [-0.39, 0.29) is 46.1 Å². The zero-order valence-corrected chi connectivity index (χ0v) is 24.3. The number of aryl methyl sites for hydroxylation is 2. The van der Waals surface area contributed by atoms with E-state index in [1.165, 1.54) is 18.2 Å². The first-order valence-corrected chi connectivity index (χ1v) is 14.1. The highest BCUT2D eigenvalue weighted by molar-refractivity contribution is 7.17. The number of phenols is 1. The number of aromatic nitrogens is 1. The molecule has 10 nitrogen and oxygen atoms in total.